The largest absolute Gasteiger partial charge is 0.345 e. The van der Waals surface area contributed by atoms with Gasteiger partial charge in [0, 0.05) is 36.6 Å². The minimum atomic E-state index is 0.492. The molecule has 0 saturated carbocycles. The summed E-state index contributed by atoms with van der Waals surface area (Å²) in [6.45, 7) is 15.3. The number of nitrogens with zero attached hydrogens (tertiary/aromatic N) is 3. The molecular weight excluding hydrogens is 280 g/mol. The Morgan fingerprint density at radius 3 is 2.43 bits per heavy atom. The molecular formula is C16H30N4S. The van der Waals surface area contributed by atoms with Gasteiger partial charge in [0.1, 0.15) is 0 Å². The van der Waals surface area contributed by atoms with E-state index in [1.54, 1.807) is 0 Å². The molecule has 5 heteroatoms. The maximum Gasteiger partial charge on any atom is 0.185 e. The molecule has 1 fully saturated rings. The van der Waals surface area contributed by atoms with Crippen LogP contribution in [-0.4, -0.2) is 48.6 Å². The molecule has 2 heterocycles. The third-order valence-electron chi connectivity index (χ3n) is 4.43. The molecule has 1 aromatic rings. The maximum atomic E-state index is 4.97. The van der Waals surface area contributed by atoms with Gasteiger partial charge in [0.25, 0.3) is 0 Å². The Labute approximate surface area is 133 Å². The number of hydrogen-bond donors (Lipinski definition) is 1. The van der Waals surface area contributed by atoms with Gasteiger partial charge < -0.3 is 10.2 Å². The van der Waals surface area contributed by atoms with Crippen LogP contribution in [0.5, 0.6) is 0 Å². The molecule has 1 N–H and O–H groups in total. The highest BCUT2D eigenvalue weighted by Gasteiger charge is 2.29. The lowest BCUT2D eigenvalue weighted by Gasteiger charge is -2.42. The van der Waals surface area contributed by atoms with Crippen molar-refractivity contribution in [3.63, 3.8) is 0 Å². The van der Waals surface area contributed by atoms with Crippen molar-refractivity contribution in [3.05, 3.63) is 10.6 Å². The second kappa shape index (κ2) is 7.07. The van der Waals surface area contributed by atoms with Crippen LogP contribution in [0, 0.1) is 0 Å². The van der Waals surface area contributed by atoms with E-state index in [-0.39, 0.29) is 0 Å². The Morgan fingerprint density at radius 2 is 1.90 bits per heavy atom. The SMILES string of the molecule is CCNCc1sc(N2CC(C)N(C)C(C)C2)nc1C(C)C. The summed E-state index contributed by atoms with van der Waals surface area (Å²) in [7, 11) is 2.23. The molecule has 4 nitrogen and oxygen atoms in total. The van der Waals surface area contributed by atoms with Crippen LogP contribution in [0.3, 0.4) is 0 Å². The van der Waals surface area contributed by atoms with Crippen LogP contribution in [0.2, 0.25) is 0 Å². The first-order valence-electron chi connectivity index (χ1n) is 8.11. The second-order valence-electron chi connectivity index (χ2n) is 6.51. The fourth-order valence-corrected chi connectivity index (χ4v) is 4.07. The van der Waals surface area contributed by atoms with Gasteiger partial charge in [0.2, 0.25) is 0 Å². The normalized spacial score (nSPS) is 24.0. The van der Waals surface area contributed by atoms with E-state index in [1.807, 2.05) is 11.3 Å². The summed E-state index contributed by atoms with van der Waals surface area (Å²) in [6.07, 6.45) is 0. The van der Waals surface area contributed by atoms with Crippen LogP contribution in [0.25, 0.3) is 0 Å². The van der Waals surface area contributed by atoms with Crippen LogP contribution in [-0.2, 0) is 6.54 Å². The highest BCUT2D eigenvalue weighted by molar-refractivity contribution is 7.15. The predicted octanol–water partition coefficient (Wildman–Crippen LogP) is 2.90. The molecule has 120 valence electrons. The van der Waals surface area contributed by atoms with E-state index in [1.165, 1.54) is 15.7 Å². The average Bonchev–Trinajstić information content (AvgIpc) is 2.86. The van der Waals surface area contributed by atoms with Gasteiger partial charge in [-0.15, -0.1) is 11.3 Å². The zero-order chi connectivity index (χ0) is 15.6. The van der Waals surface area contributed by atoms with Crippen LogP contribution < -0.4 is 10.2 Å². The molecule has 2 unspecified atom stereocenters. The maximum absolute atomic E-state index is 4.97. The zero-order valence-corrected chi connectivity index (χ0v) is 15.1. The molecule has 0 spiro atoms. The van der Waals surface area contributed by atoms with E-state index in [2.05, 4.69) is 56.8 Å². The van der Waals surface area contributed by atoms with E-state index < -0.39 is 0 Å². The molecule has 2 atom stereocenters. The van der Waals surface area contributed by atoms with Gasteiger partial charge in [-0.1, -0.05) is 20.8 Å². The molecule has 1 aromatic heterocycles. The zero-order valence-electron chi connectivity index (χ0n) is 14.3. The Balaban J connectivity index is 2.19. The van der Waals surface area contributed by atoms with Gasteiger partial charge in [0.05, 0.1) is 5.69 Å². The number of anilines is 1. The number of aromatic nitrogens is 1. The minimum Gasteiger partial charge on any atom is -0.345 e. The summed E-state index contributed by atoms with van der Waals surface area (Å²) in [6, 6.07) is 1.16. The Morgan fingerprint density at radius 1 is 1.29 bits per heavy atom. The second-order valence-corrected chi connectivity index (χ2v) is 7.57. The smallest absolute Gasteiger partial charge is 0.185 e. The van der Waals surface area contributed by atoms with Crippen molar-refractivity contribution in [2.75, 3.05) is 31.6 Å². The van der Waals surface area contributed by atoms with Crippen molar-refractivity contribution in [2.45, 2.75) is 59.2 Å². The summed E-state index contributed by atoms with van der Waals surface area (Å²) < 4.78 is 0. The molecule has 21 heavy (non-hydrogen) atoms. The Bertz CT molecular complexity index is 445. The van der Waals surface area contributed by atoms with Gasteiger partial charge in [-0.05, 0) is 33.4 Å². The summed E-state index contributed by atoms with van der Waals surface area (Å²) in [4.78, 5) is 11.3. The Hall–Kier alpha value is -0.650. The van der Waals surface area contributed by atoms with Gasteiger partial charge >= 0.3 is 0 Å². The van der Waals surface area contributed by atoms with E-state index in [4.69, 9.17) is 4.98 Å². The van der Waals surface area contributed by atoms with Crippen LogP contribution in [0.15, 0.2) is 0 Å². The molecule has 1 aliphatic heterocycles. The first-order chi connectivity index (χ1) is 9.93. The standard InChI is InChI=1S/C16H30N4S/c1-7-17-8-14-15(11(2)3)18-16(21-14)20-9-12(4)19(6)13(5)10-20/h11-13,17H,7-10H2,1-6H3. The molecule has 2 rings (SSSR count). The van der Waals surface area contributed by atoms with Crippen molar-refractivity contribution in [2.24, 2.45) is 0 Å². The van der Waals surface area contributed by atoms with E-state index in [9.17, 15) is 0 Å². The van der Waals surface area contributed by atoms with Crippen molar-refractivity contribution < 1.29 is 0 Å². The molecule has 1 saturated heterocycles. The monoisotopic (exact) mass is 310 g/mol. The summed E-state index contributed by atoms with van der Waals surface area (Å²) in [5.41, 5.74) is 1.27. The predicted molar refractivity (Wildman–Crippen MR) is 92.5 cm³/mol. The van der Waals surface area contributed by atoms with Crippen LogP contribution in [0.1, 0.15) is 51.1 Å². The van der Waals surface area contributed by atoms with Crippen molar-refractivity contribution in [1.29, 1.82) is 0 Å². The van der Waals surface area contributed by atoms with Crippen molar-refractivity contribution in [1.82, 2.24) is 15.2 Å². The lowest BCUT2D eigenvalue weighted by atomic mass is 10.1. The van der Waals surface area contributed by atoms with Crippen molar-refractivity contribution >= 4 is 16.5 Å². The molecule has 0 radical (unpaired) electrons. The highest BCUT2D eigenvalue weighted by Crippen LogP contribution is 2.32. The fraction of sp³-hybridized carbons (Fsp3) is 0.812. The third-order valence-corrected chi connectivity index (χ3v) is 5.56. The summed E-state index contributed by atoms with van der Waals surface area (Å²) in [5.74, 6) is 0.492. The minimum absolute atomic E-state index is 0.492. The van der Waals surface area contributed by atoms with Gasteiger partial charge in [-0.2, -0.15) is 0 Å². The van der Waals surface area contributed by atoms with Gasteiger partial charge in [-0.3, -0.25) is 4.90 Å². The van der Waals surface area contributed by atoms with Gasteiger partial charge in [0.15, 0.2) is 5.13 Å². The molecule has 1 aliphatic rings. The quantitative estimate of drug-likeness (QED) is 0.906. The van der Waals surface area contributed by atoms with Gasteiger partial charge in [-0.25, -0.2) is 4.98 Å². The fourth-order valence-electron chi connectivity index (χ4n) is 2.86. The lowest BCUT2D eigenvalue weighted by molar-refractivity contribution is 0.170. The average molecular weight is 311 g/mol. The number of nitrogens with one attached hydrogen (secondary N) is 1. The molecule has 0 bridgehead atoms. The third kappa shape index (κ3) is 3.76. The number of hydrogen-bond acceptors (Lipinski definition) is 5. The number of rotatable bonds is 5. The molecule has 0 amide bonds. The van der Waals surface area contributed by atoms with E-state index >= 15 is 0 Å². The molecule has 0 aliphatic carbocycles. The summed E-state index contributed by atoms with van der Waals surface area (Å²) >= 11 is 1.87. The first kappa shape index (κ1) is 16.7. The molecule has 0 aromatic carbocycles. The number of thiazole rings is 1. The van der Waals surface area contributed by atoms with Crippen molar-refractivity contribution in [3.8, 4) is 0 Å². The first-order valence-corrected chi connectivity index (χ1v) is 8.92. The highest BCUT2D eigenvalue weighted by atomic mass is 32.1. The topological polar surface area (TPSA) is 31.4 Å². The van der Waals surface area contributed by atoms with Crippen LogP contribution >= 0.6 is 11.3 Å². The number of likely N-dealkylation sites (N-methyl/N-ethyl adjacent to an activating group) is 1. The van der Waals surface area contributed by atoms with E-state index in [0.29, 0.717) is 18.0 Å². The van der Waals surface area contributed by atoms with E-state index in [0.717, 1.165) is 26.2 Å². The van der Waals surface area contributed by atoms with Crippen LogP contribution in [0.4, 0.5) is 5.13 Å². The lowest BCUT2D eigenvalue weighted by Crippen LogP contribution is -2.55. The summed E-state index contributed by atoms with van der Waals surface area (Å²) in [5, 5.41) is 4.65. The number of piperazine rings is 1. The Kier molecular flexibility index (Phi) is 5.63.